The molecule has 0 aliphatic heterocycles. The summed E-state index contributed by atoms with van der Waals surface area (Å²) in [5.41, 5.74) is 0.584. The maximum atomic E-state index is 12.7. The highest BCUT2D eigenvalue weighted by atomic mass is 35.5. The van der Waals surface area contributed by atoms with Gasteiger partial charge in [-0.05, 0) is 23.6 Å². The van der Waals surface area contributed by atoms with E-state index in [1.54, 1.807) is 42.5 Å². The molecule has 0 saturated carbocycles. The van der Waals surface area contributed by atoms with Crippen LogP contribution in [0.1, 0.15) is 18.6 Å². The van der Waals surface area contributed by atoms with E-state index >= 15 is 0 Å². The van der Waals surface area contributed by atoms with Crippen LogP contribution in [0, 0.1) is 0 Å². The van der Waals surface area contributed by atoms with Crippen LogP contribution < -0.4 is 10.9 Å². The summed E-state index contributed by atoms with van der Waals surface area (Å²) < 4.78 is 5.17. The van der Waals surface area contributed by atoms with Crippen molar-refractivity contribution in [2.24, 2.45) is 0 Å². The Bertz CT molecular complexity index is 1030. The standard InChI is InChI=1S/C19H15ClN2O4/c1-11(23)26-17(12-5-3-2-4-6-12)19(25)22-16-9-13-7-8-21-18(24)14(13)10-15(16)20/h2-10,17H,1H3,(H,21,24)(H,22,25). The van der Waals surface area contributed by atoms with E-state index < -0.39 is 18.0 Å². The monoisotopic (exact) mass is 370 g/mol. The zero-order chi connectivity index (χ0) is 18.7. The van der Waals surface area contributed by atoms with Gasteiger partial charge in [0.2, 0.25) is 6.10 Å². The number of H-pyrrole nitrogens is 1. The number of benzene rings is 2. The maximum Gasteiger partial charge on any atom is 0.303 e. The number of ether oxygens (including phenoxy) is 1. The van der Waals surface area contributed by atoms with Crippen LogP contribution in [0.5, 0.6) is 0 Å². The van der Waals surface area contributed by atoms with E-state index in [9.17, 15) is 14.4 Å². The van der Waals surface area contributed by atoms with Gasteiger partial charge >= 0.3 is 5.97 Å². The van der Waals surface area contributed by atoms with Gasteiger partial charge in [-0.3, -0.25) is 14.4 Å². The molecule has 0 saturated heterocycles. The van der Waals surface area contributed by atoms with E-state index in [1.165, 1.54) is 19.2 Å². The zero-order valence-corrected chi connectivity index (χ0v) is 14.5. The largest absolute Gasteiger partial charge is 0.447 e. The normalized spacial score (nSPS) is 11.8. The van der Waals surface area contributed by atoms with Crippen molar-refractivity contribution in [2.45, 2.75) is 13.0 Å². The highest BCUT2D eigenvalue weighted by Gasteiger charge is 2.24. The van der Waals surface area contributed by atoms with Gasteiger partial charge < -0.3 is 15.0 Å². The maximum absolute atomic E-state index is 12.7. The summed E-state index contributed by atoms with van der Waals surface area (Å²) in [4.78, 5) is 38.5. The zero-order valence-electron chi connectivity index (χ0n) is 13.8. The minimum atomic E-state index is -1.11. The average Bonchev–Trinajstić information content (AvgIpc) is 2.62. The van der Waals surface area contributed by atoms with Crippen LogP contribution in [0.3, 0.4) is 0 Å². The fraction of sp³-hybridized carbons (Fsp3) is 0.105. The fourth-order valence-electron chi connectivity index (χ4n) is 2.57. The number of aromatic amines is 1. The van der Waals surface area contributed by atoms with Gasteiger partial charge in [-0.15, -0.1) is 0 Å². The van der Waals surface area contributed by atoms with Gasteiger partial charge in [-0.2, -0.15) is 0 Å². The number of carbonyl (C=O) groups excluding carboxylic acids is 2. The second-order valence-electron chi connectivity index (χ2n) is 5.62. The predicted octanol–water partition coefficient (Wildman–Crippen LogP) is 3.42. The summed E-state index contributed by atoms with van der Waals surface area (Å²) in [5.74, 6) is -1.12. The number of pyridine rings is 1. The van der Waals surface area contributed by atoms with Gasteiger partial charge in [-0.25, -0.2) is 0 Å². The number of halogens is 1. The second-order valence-corrected chi connectivity index (χ2v) is 6.02. The molecule has 0 spiro atoms. The van der Waals surface area contributed by atoms with Gasteiger partial charge in [0.25, 0.3) is 11.5 Å². The molecule has 1 heterocycles. The first-order chi connectivity index (χ1) is 12.5. The Balaban J connectivity index is 1.94. The number of anilines is 1. The third-order valence-electron chi connectivity index (χ3n) is 3.74. The third-order valence-corrected chi connectivity index (χ3v) is 4.06. The van der Waals surface area contributed by atoms with E-state index in [4.69, 9.17) is 16.3 Å². The summed E-state index contributed by atoms with van der Waals surface area (Å²) in [6.45, 7) is 1.23. The van der Waals surface area contributed by atoms with Gasteiger partial charge in [0.05, 0.1) is 10.7 Å². The Hall–Kier alpha value is -3.12. The second kappa shape index (κ2) is 7.41. The average molecular weight is 371 g/mol. The van der Waals surface area contributed by atoms with Crippen LogP contribution in [-0.2, 0) is 14.3 Å². The van der Waals surface area contributed by atoms with Crippen molar-refractivity contribution in [3.63, 3.8) is 0 Å². The van der Waals surface area contributed by atoms with Crippen LogP contribution >= 0.6 is 11.6 Å². The number of rotatable bonds is 4. The number of hydrogen-bond donors (Lipinski definition) is 2. The number of amides is 1. The minimum Gasteiger partial charge on any atom is -0.447 e. The Kier molecular flexibility index (Phi) is 5.04. The summed E-state index contributed by atoms with van der Waals surface area (Å²) in [6, 6.07) is 13.4. The molecule has 0 aliphatic rings. The van der Waals surface area contributed by atoms with Gasteiger partial charge in [0.15, 0.2) is 0 Å². The molecule has 1 amide bonds. The van der Waals surface area contributed by atoms with Gasteiger partial charge in [0, 0.05) is 24.1 Å². The fourth-order valence-corrected chi connectivity index (χ4v) is 2.78. The highest BCUT2D eigenvalue weighted by Crippen LogP contribution is 2.28. The first kappa shape index (κ1) is 17.7. The van der Waals surface area contributed by atoms with Crippen molar-refractivity contribution in [1.29, 1.82) is 0 Å². The van der Waals surface area contributed by atoms with Crippen LogP contribution in [-0.4, -0.2) is 16.9 Å². The molecule has 0 bridgehead atoms. The van der Waals surface area contributed by atoms with Crippen LogP contribution in [0.4, 0.5) is 5.69 Å². The number of aromatic nitrogens is 1. The molecule has 26 heavy (non-hydrogen) atoms. The molecule has 0 aliphatic carbocycles. The molecule has 1 unspecified atom stereocenters. The molecule has 2 aromatic carbocycles. The van der Waals surface area contributed by atoms with E-state index in [1.807, 2.05) is 0 Å². The number of carbonyl (C=O) groups is 2. The first-order valence-electron chi connectivity index (χ1n) is 7.79. The lowest BCUT2D eigenvalue weighted by atomic mass is 10.1. The molecule has 7 heteroatoms. The van der Waals surface area contributed by atoms with Gasteiger partial charge in [-0.1, -0.05) is 41.9 Å². The molecular weight excluding hydrogens is 356 g/mol. The summed E-state index contributed by atoms with van der Waals surface area (Å²) in [6.07, 6.45) is 0.398. The van der Waals surface area contributed by atoms with Crippen molar-refractivity contribution in [1.82, 2.24) is 4.98 Å². The van der Waals surface area contributed by atoms with Crippen molar-refractivity contribution in [3.8, 4) is 0 Å². The molecule has 6 nitrogen and oxygen atoms in total. The first-order valence-corrected chi connectivity index (χ1v) is 8.17. The van der Waals surface area contributed by atoms with Crippen LogP contribution in [0.15, 0.2) is 59.5 Å². The lowest BCUT2D eigenvalue weighted by Crippen LogP contribution is -2.25. The molecule has 0 radical (unpaired) electrons. The Morgan fingerprint density at radius 2 is 1.88 bits per heavy atom. The van der Waals surface area contributed by atoms with Crippen molar-refractivity contribution in [3.05, 3.63) is 75.7 Å². The summed E-state index contributed by atoms with van der Waals surface area (Å²) in [7, 11) is 0. The lowest BCUT2D eigenvalue weighted by Gasteiger charge is -2.18. The Morgan fingerprint density at radius 3 is 2.58 bits per heavy atom. The number of nitrogens with one attached hydrogen (secondary N) is 2. The molecule has 1 aromatic heterocycles. The Morgan fingerprint density at radius 1 is 1.15 bits per heavy atom. The number of esters is 1. The quantitative estimate of drug-likeness (QED) is 0.689. The van der Waals surface area contributed by atoms with Crippen molar-refractivity contribution >= 4 is 39.9 Å². The topological polar surface area (TPSA) is 88.3 Å². The lowest BCUT2D eigenvalue weighted by molar-refractivity contribution is -0.152. The van der Waals surface area contributed by atoms with Crippen LogP contribution in [0.2, 0.25) is 5.02 Å². The minimum absolute atomic E-state index is 0.206. The predicted molar refractivity (Wildman–Crippen MR) is 99.2 cm³/mol. The molecule has 3 rings (SSSR count). The van der Waals surface area contributed by atoms with Gasteiger partial charge in [0.1, 0.15) is 0 Å². The molecule has 3 aromatic rings. The number of hydrogen-bond acceptors (Lipinski definition) is 4. The molecular formula is C19H15ClN2O4. The molecule has 132 valence electrons. The molecule has 1 atom stereocenters. The number of fused-ring (bicyclic) bond motifs is 1. The highest BCUT2D eigenvalue weighted by molar-refractivity contribution is 6.34. The van der Waals surface area contributed by atoms with Crippen LogP contribution in [0.25, 0.3) is 10.8 Å². The van der Waals surface area contributed by atoms with E-state index in [0.717, 1.165) is 0 Å². The summed E-state index contributed by atoms with van der Waals surface area (Å²) in [5, 5.41) is 3.91. The summed E-state index contributed by atoms with van der Waals surface area (Å²) >= 11 is 6.20. The third kappa shape index (κ3) is 3.75. The van der Waals surface area contributed by atoms with E-state index in [2.05, 4.69) is 10.3 Å². The molecule has 2 N–H and O–H groups in total. The SMILES string of the molecule is CC(=O)OC(C(=O)Nc1cc2cc[nH]c(=O)c2cc1Cl)c1ccccc1. The van der Waals surface area contributed by atoms with E-state index in [-0.39, 0.29) is 10.6 Å². The smallest absolute Gasteiger partial charge is 0.303 e. The van der Waals surface area contributed by atoms with Crippen molar-refractivity contribution < 1.29 is 14.3 Å². The molecule has 0 fully saturated rings. The Labute approximate surface area is 153 Å². The van der Waals surface area contributed by atoms with Crippen molar-refractivity contribution in [2.75, 3.05) is 5.32 Å². The van der Waals surface area contributed by atoms with E-state index in [0.29, 0.717) is 22.0 Å².